The zero-order valence-electron chi connectivity index (χ0n) is 15.5. The summed E-state index contributed by atoms with van der Waals surface area (Å²) in [5, 5.41) is 0. The number of halogens is 2. The summed E-state index contributed by atoms with van der Waals surface area (Å²) in [5.41, 5.74) is 6.58. The first kappa shape index (κ1) is 19.5. The molecule has 0 radical (unpaired) electrons. The number of aliphatic imine (C=N–C) groups is 1. The fourth-order valence-corrected chi connectivity index (χ4v) is 5.61. The van der Waals surface area contributed by atoms with Gasteiger partial charge in [-0.05, 0) is 38.8 Å². The molecule has 1 heterocycles. The van der Waals surface area contributed by atoms with E-state index >= 15 is 0 Å². The summed E-state index contributed by atoms with van der Waals surface area (Å²) in [5.74, 6) is -2.06. The van der Waals surface area contributed by atoms with Crippen LogP contribution in [0.25, 0.3) is 0 Å². The summed E-state index contributed by atoms with van der Waals surface area (Å²) < 4.78 is 52.6. The van der Waals surface area contributed by atoms with Crippen LogP contribution in [0.1, 0.15) is 30.5 Å². The Bertz CT molecular complexity index is 1040. The van der Waals surface area contributed by atoms with Gasteiger partial charge in [0.05, 0.1) is 5.75 Å². The van der Waals surface area contributed by atoms with E-state index in [0.29, 0.717) is 0 Å². The van der Waals surface area contributed by atoms with Gasteiger partial charge in [-0.2, -0.15) is 0 Å². The first-order chi connectivity index (χ1) is 12.5. The molecule has 27 heavy (non-hydrogen) atoms. The zero-order chi connectivity index (χ0) is 20.0. The molecule has 0 unspecified atom stereocenters. The lowest BCUT2D eigenvalue weighted by Gasteiger charge is -2.40. The number of hydrogen-bond donors (Lipinski definition) is 1. The fourth-order valence-electron chi connectivity index (χ4n) is 3.58. The monoisotopic (exact) mass is 392 g/mol. The van der Waals surface area contributed by atoms with E-state index in [1.807, 2.05) is 31.2 Å². The molecule has 0 saturated carbocycles. The highest BCUT2D eigenvalue weighted by Crippen LogP contribution is 2.39. The van der Waals surface area contributed by atoms with Crippen LogP contribution in [0.3, 0.4) is 0 Å². The molecule has 2 atom stereocenters. The van der Waals surface area contributed by atoms with Gasteiger partial charge in [-0.1, -0.05) is 35.9 Å². The van der Waals surface area contributed by atoms with Crippen molar-refractivity contribution in [2.45, 2.75) is 37.5 Å². The minimum absolute atomic E-state index is 0.00744. The Morgan fingerprint density at radius 1 is 1.15 bits per heavy atom. The molecule has 0 spiro atoms. The third kappa shape index (κ3) is 3.36. The number of benzene rings is 2. The average Bonchev–Trinajstić information content (AvgIpc) is 2.52. The number of sulfone groups is 1. The van der Waals surface area contributed by atoms with Gasteiger partial charge in [0.1, 0.15) is 27.8 Å². The maximum atomic E-state index is 14.3. The molecule has 1 aliphatic heterocycles. The molecule has 2 aromatic carbocycles. The molecule has 144 valence electrons. The van der Waals surface area contributed by atoms with Gasteiger partial charge in [-0.25, -0.2) is 17.2 Å². The summed E-state index contributed by atoms with van der Waals surface area (Å²) in [4.78, 5) is 4.40. The molecule has 0 fully saturated rings. The van der Waals surface area contributed by atoms with Crippen LogP contribution in [0.4, 0.5) is 8.78 Å². The molecule has 0 bridgehead atoms. The van der Waals surface area contributed by atoms with Gasteiger partial charge in [-0.3, -0.25) is 4.99 Å². The quantitative estimate of drug-likeness (QED) is 0.871. The molecule has 0 saturated heterocycles. The summed E-state index contributed by atoms with van der Waals surface area (Å²) in [7, 11) is -3.78. The second kappa shape index (κ2) is 6.41. The van der Waals surface area contributed by atoms with Crippen molar-refractivity contribution in [1.29, 1.82) is 0 Å². The molecule has 0 aliphatic carbocycles. The van der Waals surface area contributed by atoms with Crippen molar-refractivity contribution < 1.29 is 17.2 Å². The van der Waals surface area contributed by atoms with Crippen LogP contribution in [0.15, 0.2) is 47.5 Å². The Morgan fingerprint density at radius 2 is 1.85 bits per heavy atom. The van der Waals surface area contributed by atoms with Gasteiger partial charge >= 0.3 is 0 Å². The molecule has 2 aromatic rings. The highest BCUT2D eigenvalue weighted by molar-refractivity contribution is 7.93. The lowest BCUT2D eigenvalue weighted by atomic mass is 9.92. The molecule has 0 amide bonds. The Labute approximate surface area is 158 Å². The molecule has 0 aromatic heterocycles. The van der Waals surface area contributed by atoms with E-state index in [0.717, 1.165) is 23.3 Å². The molecule has 2 N–H and O–H groups in total. The number of nitrogens with zero attached hydrogens (tertiary/aromatic N) is 1. The third-order valence-corrected chi connectivity index (χ3v) is 7.87. The van der Waals surface area contributed by atoms with Gasteiger partial charge in [0.25, 0.3) is 0 Å². The number of amidine groups is 1. The Hall–Kier alpha value is -2.28. The second-order valence-corrected chi connectivity index (χ2v) is 9.97. The Balaban J connectivity index is 2.09. The van der Waals surface area contributed by atoms with Crippen molar-refractivity contribution in [2.24, 2.45) is 10.7 Å². The predicted octanol–water partition coefficient (Wildman–Crippen LogP) is 3.28. The fraction of sp³-hybridized carbons (Fsp3) is 0.350. The maximum absolute atomic E-state index is 14.3. The van der Waals surface area contributed by atoms with Crippen molar-refractivity contribution in [3.05, 3.63) is 70.8 Å². The first-order valence-electron chi connectivity index (χ1n) is 8.56. The molecule has 3 rings (SSSR count). The van der Waals surface area contributed by atoms with Gasteiger partial charge in [0.2, 0.25) is 0 Å². The lowest BCUT2D eigenvalue weighted by Crippen LogP contribution is -2.57. The van der Waals surface area contributed by atoms with E-state index in [4.69, 9.17) is 5.73 Å². The number of hydrogen-bond acceptors (Lipinski definition) is 4. The van der Waals surface area contributed by atoms with E-state index in [1.165, 1.54) is 13.0 Å². The summed E-state index contributed by atoms with van der Waals surface area (Å²) in [6, 6.07) is 10.6. The average molecular weight is 392 g/mol. The smallest absolute Gasteiger partial charge is 0.165 e. The summed E-state index contributed by atoms with van der Waals surface area (Å²) in [6.45, 7) is 4.97. The molecular formula is C20H22F2N2O2S. The van der Waals surface area contributed by atoms with E-state index < -0.39 is 37.5 Å². The van der Waals surface area contributed by atoms with Gasteiger partial charge < -0.3 is 5.73 Å². The third-order valence-electron chi connectivity index (χ3n) is 5.20. The van der Waals surface area contributed by atoms with Crippen molar-refractivity contribution in [1.82, 2.24) is 0 Å². The topological polar surface area (TPSA) is 72.5 Å². The summed E-state index contributed by atoms with van der Waals surface area (Å²) in [6.07, 6.45) is 0.175. The maximum Gasteiger partial charge on any atom is 0.165 e. The Kier molecular flexibility index (Phi) is 4.62. The van der Waals surface area contributed by atoms with Gasteiger partial charge in [0, 0.05) is 11.6 Å². The van der Waals surface area contributed by atoms with Crippen molar-refractivity contribution in [2.75, 3.05) is 5.75 Å². The SMILES string of the molecule is Cc1cccc(C[C@]2(C)C(N)=N[C@](C)(c3ccc(F)cc3F)CS2(=O)=O)c1. The minimum atomic E-state index is -3.78. The van der Waals surface area contributed by atoms with Crippen LogP contribution in [0, 0.1) is 18.6 Å². The zero-order valence-corrected chi connectivity index (χ0v) is 16.3. The van der Waals surface area contributed by atoms with Crippen molar-refractivity contribution in [3.8, 4) is 0 Å². The molecule has 7 heteroatoms. The van der Waals surface area contributed by atoms with Crippen LogP contribution in [0.5, 0.6) is 0 Å². The standard InChI is InChI=1S/C20H22F2N2O2S/c1-13-5-4-6-14(9-13)11-20(3)18(23)24-19(2,12-27(20,25)26)16-8-7-15(21)10-17(16)22/h4-10H,11-12H2,1-3H3,(H2,23,24)/t19-,20+/m0/s1. The number of nitrogens with two attached hydrogens (primary N) is 1. The van der Waals surface area contributed by atoms with Crippen LogP contribution in [0.2, 0.25) is 0 Å². The normalized spacial score (nSPS) is 27.2. The summed E-state index contributed by atoms with van der Waals surface area (Å²) >= 11 is 0. The second-order valence-electron chi connectivity index (χ2n) is 7.55. The lowest BCUT2D eigenvalue weighted by molar-refractivity contribution is 0.467. The highest BCUT2D eigenvalue weighted by Gasteiger charge is 2.52. The van der Waals surface area contributed by atoms with Crippen LogP contribution < -0.4 is 5.73 Å². The van der Waals surface area contributed by atoms with Crippen LogP contribution in [-0.2, 0) is 21.8 Å². The van der Waals surface area contributed by atoms with E-state index in [1.54, 1.807) is 6.92 Å². The van der Waals surface area contributed by atoms with Crippen molar-refractivity contribution >= 4 is 15.7 Å². The Morgan fingerprint density at radius 3 is 2.44 bits per heavy atom. The first-order valence-corrected chi connectivity index (χ1v) is 10.2. The van der Waals surface area contributed by atoms with Gasteiger partial charge in [0.15, 0.2) is 9.84 Å². The van der Waals surface area contributed by atoms with E-state index in [2.05, 4.69) is 4.99 Å². The van der Waals surface area contributed by atoms with E-state index in [9.17, 15) is 17.2 Å². The highest BCUT2D eigenvalue weighted by atomic mass is 32.2. The molecule has 4 nitrogen and oxygen atoms in total. The molecular weight excluding hydrogens is 370 g/mol. The number of rotatable bonds is 3. The van der Waals surface area contributed by atoms with Crippen LogP contribution in [-0.4, -0.2) is 24.8 Å². The molecule has 1 aliphatic rings. The van der Waals surface area contributed by atoms with E-state index in [-0.39, 0.29) is 17.8 Å². The minimum Gasteiger partial charge on any atom is -0.386 e. The van der Waals surface area contributed by atoms with Crippen molar-refractivity contribution in [3.63, 3.8) is 0 Å². The number of aryl methyl sites for hydroxylation is 1. The van der Waals surface area contributed by atoms with Gasteiger partial charge in [-0.15, -0.1) is 0 Å². The van der Waals surface area contributed by atoms with Crippen LogP contribution >= 0.6 is 0 Å². The largest absolute Gasteiger partial charge is 0.386 e. The predicted molar refractivity (Wildman–Crippen MR) is 102 cm³/mol.